The van der Waals surface area contributed by atoms with E-state index < -0.39 is 0 Å². The zero-order chi connectivity index (χ0) is 15.1. The first kappa shape index (κ1) is 15.5. The van der Waals surface area contributed by atoms with E-state index in [1.54, 1.807) is 18.3 Å². The number of rotatable bonds is 4. The normalized spacial score (nSPS) is 16.1. The lowest BCUT2D eigenvalue weighted by molar-refractivity contribution is 0.0924. The van der Waals surface area contributed by atoms with Crippen LogP contribution in [-0.4, -0.2) is 24.0 Å². The van der Waals surface area contributed by atoms with Gasteiger partial charge in [-0.1, -0.05) is 31.6 Å². The van der Waals surface area contributed by atoms with Gasteiger partial charge in [-0.2, -0.15) is 0 Å². The number of hydrogen-bond donors (Lipinski definition) is 2. The highest BCUT2D eigenvalue weighted by Crippen LogP contribution is 2.40. The third kappa shape index (κ3) is 4.05. The zero-order valence-corrected chi connectivity index (χ0v) is 12.6. The topological polar surface area (TPSA) is 68.0 Å². The van der Waals surface area contributed by atoms with Gasteiger partial charge in [-0.15, -0.1) is 0 Å². The Bertz CT molecular complexity index is 533. The van der Waals surface area contributed by atoms with Crippen molar-refractivity contribution in [3.8, 4) is 11.8 Å². The summed E-state index contributed by atoms with van der Waals surface area (Å²) in [6.07, 6.45) is 7.71. The molecule has 1 heterocycles. The first-order valence-corrected chi connectivity index (χ1v) is 7.62. The van der Waals surface area contributed by atoms with Crippen LogP contribution in [-0.2, 0) is 0 Å². The summed E-state index contributed by atoms with van der Waals surface area (Å²) < 4.78 is 0. The number of nitrogens with zero attached hydrogens (tertiary/aromatic N) is 1. The SMILES string of the molecule is CCC1(CNC(=O)c2ccc(C#CCN)cn2)CCCC1. The largest absolute Gasteiger partial charge is 0.350 e. The molecule has 1 amide bonds. The third-order valence-corrected chi connectivity index (χ3v) is 4.37. The molecule has 112 valence electrons. The highest BCUT2D eigenvalue weighted by Gasteiger charge is 2.32. The van der Waals surface area contributed by atoms with Crippen molar-refractivity contribution in [2.75, 3.05) is 13.1 Å². The molecule has 1 aromatic heterocycles. The van der Waals surface area contributed by atoms with Crippen LogP contribution in [0.25, 0.3) is 0 Å². The molecule has 0 unspecified atom stereocenters. The number of nitrogens with two attached hydrogens (primary N) is 1. The molecule has 1 aliphatic rings. The van der Waals surface area contributed by atoms with Crippen LogP contribution in [0.2, 0.25) is 0 Å². The molecule has 0 atom stereocenters. The summed E-state index contributed by atoms with van der Waals surface area (Å²) in [4.78, 5) is 16.3. The molecule has 1 aromatic rings. The summed E-state index contributed by atoms with van der Waals surface area (Å²) >= 11 is 0. The van der Waals surface area contributed by atoms with E-state index in [1.165, 1.54) is 25.7 Å². The van der Waals surface area contributed by atoms with Crippen LogP contribution in [0, 0.1) is 17.3 Å². The van der Waals surface area contributed by atoms with Crippen molar-refractivity contribution in [1.82, 2.24) is 10.3 Å². The zero-order valence-electron chi connectivity index (χ0n) is 12.6. The maximum absolute atomic E-state index is 12.2. The van der Waals surface area contributed by atoms with Crippen LogP contribution in [0.15, 0.2) is 18.3 Å². The summed E-state index contributed by atoms with van der Waals surface area (Å²) in [7, 11) is 0. The minimum absolute atomic E-state index is 0.104. The lowest BCUT2D eigenvalue weighted by atomic mass is 9.83. The molecular formula is C17H23N3O. The monoisotopic (exact) mass is 285 g/mol. The number of hydrogen-bond acceptors (Lipinski definition) is 3. The summed E-state index contributed by atoms with van der Waals surface area (Å²) in [5.41, 5.74) is 6.83. The van der Waals surface area contributed by atoms with Crippen molar-refractivity contribution in [2.24, 2.45) is 11.1 Å². The van der Waals surface area contributed by atoms with Gasteiger partial charge in [0.05, 0.1) is 6.54 Å². The van der Waals surface area contributed by atoms with Crippen molar-refractivity contribution in [3.63, 3.8) is 0 Å². The number of nitrogens with one attached hydrogen (secondary N) is 1. The lowest BCUT2D eigenvalue weighted by Gasteiger charge is -2.27. The molecule has 2 rings (SSSR count). The van der Waals surface area contributed by atoms with E-state index in [0.717, 1.165) is 18.5 Å². The van der Waals surface area contributed by atoms with Gasteiger partial charge >= 0.3 is 0 Å². The smallest absolute Gasteiger partial charge is 0.269 e. The van der Waals surface area contributed by atoms with Crippen molar-refractivity contribution in [1.29, 1.82) is 0 Å². The number of carbonyl (C=O) groups is 1. The van der Waals surface area contributed by atoms with Crippen molar-refractivity contribution in [3.05, 3.63) is 29.6 Å². The average Bonchev–Trinajstić information content (AvgIpc) is 3.00. The van der Waals surface area contributed by atoms with Gasteiger partial charge in [-0.25, -0.2) is 4.98 Å². The van der Waals surface area contributed by atoms with Crippen LogP contribution in [0.4, 0.5) is 0 Å². The second-order valence-electron chi connectivity index (χ2n) is 5.68. The second-order valence-corrected chi connectivity index (χ2v) is 5.68. The van der Waals surface area contributed by atoms with Gasteiger partial charge in [-0.05, 0) is 36.8 Å². The molecule has 0 saturated heterocycles. The minimum atomic E-state index is -0.104. The van der Waals surface area contributed by atoms with E-state index in [2.05, 4.69) is 29.1 Å². The Morgan fingerprint density at radius 1 is 1.43 bits per heavy atom. The highest BCUT2D eigenvalue weighted by atomic mass is 16.1. The Morgan fingerprint density at radius 3 is 2.76 bits per heavy atom. The van der Waals surface area contributed by atoms with Gasteiger partial charge in [0.1, 0.15) is 5.69 Å². The van der Waals surface area contributed by atoms with E-state index in [0.29, 0.717) is 17.7 Å². The van der Waals surface area contributed by atoms with E-state index in [-0.39, 0.29) is 5.91 Å². The first-order chi connectivity index (χ1) is 10.2. The van der Waals surface area contributed by atoms with Gasteiger partial charge in [0.25, 0.3) is 5.91 Å². The van der Waals surface area contributed by atoms with Crippen molar-refractivity contribution in [2.45, 2.75) is 39.0 Å². The van der Waals surface area contributed by atoms with Crippen LogP contribution >= 0.6 is 0 Å². The Kier molecular flexibility index (Phi) is 5.35. The molecule has 1 saturated carbocycles. The van der Waals surface area contributed by atoms with E-state index >= 15 is 0 Å². The Labute approximate surface area is 126 Å². The molecule has 0 spiro atoms. The fraction of sp³-hybridized carbons (Fsp3) is 0.529. The summed E-state index contributed by atoms with van der Waals surface area (Å²) in [5, 5.41) is 3.04. The lowest BCUT2D eigenvalue weighted by Crippen LogP contribution is -2.35. The molecule has 0 aromatic carbocycles. The van der Waals surface area contributed by atoms with Gasteiger partial charge in [0.2, 0.25) is 0 Å². The molecule has 3 N–H and O–H groups in total. The van der Waals surface area contributed by atoms with Gasteiger partial charge in [0, 0.05) is 18.3 Å². The van der Waals surface area contributed by atoms with E-state index in [4.69, 9.17) is 5.73 Å². The maximum Gasteiger partial charge on any atom is 0.269 e. The molecular weight excluding hydrogens is 262 g/mol. The van der Waals surface area contributed by atoms with Gasteiger partial charge < -0.3 is 11.1 Å². The Balaban J connectivity index is 1.94. The number of amides is 1. The number of pyridine rings is 1. The molecule has 0 aliphatic heterocycles. The summed E-state index contributed by atoms with van der Waals surface area (Å²) in [6, 6.07) is 3.51. The third-order valence-electron chi connectivity index (χ3n) is 4.37. The van der Waals surface area contributed by atoms with Gasteiger partial charge in [0.15, 0.2) is 0 Å². The number of carbonyl (C=O) groups excluding carboxylic acids is 1. The second kappa shape index (κ2) is 7.24. The molecule has 1 fully saturated rings. The maximum atomic E-state index is 12.2. The molecule has 21 heavy (non-hydrogen) atoms. The fourth-order valence-electron chi connectivity index (χ4n) is 2.89. The summed E-state index contributed by atoms with van der Waals surface area (Å²) in [6.45, 7) is 3.28. The van der Waals surface area contributed by atoms with Crippen LogP contribution in [0.1, 0.15) is 55.1 Å². The molecule has 0 radical (unpaired) electrons. The first-order valence-electron chi connectivity index (χ1n) is 7.62. The predicted molar refractivity (Wildman–Crippen MR) is 83.7 cm³/mol. The van der Waals surface area contributed by atoms with E-state index in [1.807, 2.05) is 0 Å². The fourth-order valence-corrected chi connectivity index (χ4v) is 2.89. The molecule has 1 aliphatic carbocycles. The predicted octanol–water partition coefficient (Wildman–Crippen LogP) is 2.09. The average molecular weight is 285 g/mol. The van der Waals surface area contributed by atoms with Gasteiger partial charge in [-0.3, -0.25) is 4.79 Å². The molecule has 4 nitrogen and oxygen atoms in total. The van der Waals surface area contributed by atoms with E-state index in [9.17, 15) is 4.79 Å². The van der Waals surface area contributed by atoms with Crippen LogP contribution in [0.3, 0.4) is 0 Å². The standard InChI is InChI=1S/C17H23N3O/c1-2-17(9-3-4-10-17)13-20-16(21)15-8-7-14(12-19-15)6-5-11-18/h7-8,12H,2-4,9-11,13,18H2,1H3,(H,20,21). The Morgan fingerprint density at radius 2 is 2.19 bits per heavy atom. The number of aromatic nitrogens is 1. The highest BCUT2D eigenvalue weighted by molar-refractivity contribution is 5.92. The van der Waals surface area contributed by atoms with Crippen LogP contribution in [0.5, 0.6) is 0 Å². The molecule has 4 heteroatoms. The minimum Gasteiger partial charge on any atom is -0.350 e. The summed E-state index contributed by atoms with van der Waals surface area (Å²) in [5.74, 6) is 5.55. The Hall–Kier alpha value is -1.86. The van der Waals surface area contributed by atoms with Crippen molar-refractivity contribution >= 4 is 5.91 Å². The quantitative estimate of drug-likeness (QED) is 0.832. The molecule has 0 bridgehead atoms. The van der Waals surface area contributed by atoms with Crippen LogP contribution < -0.4 is 11.1 Å². The van der Waals surface area contributed by atoms with Crippen molar-refractivity contribution < 1.29 is 4.79 Å².